The Balaban J connectivity index is 1.73. The lowest BCUT2D eigenvalue weighted by atomic mass is 10.2. The minimum Gasteiger partial charge on any atom is -0.475 e. The van der Waals surface area contributed by atoms with Crippen molar-refractivity contribution in [2.45, 2.75) is 38.3 Å². The van der Waals surface area contributed by atoms with E-state index < -0.39 is 5.97 Å². The average Bonchev–Trinajstić information content (AvgIpc) is 3.06. The minimum atomic E-state index is -1.01. The highest BCUT2D eigenvalue weighted by Gasteiger charge is 2.19. The van der Waals surface area contributed by atoms with Gasteiger partial charge in [0.2, 0.25) is 5.76 Å². The molecule has 0 atom stereocenters. The highest BCUT2D eigenvalue weighted by atomic mass is 16.4. The Bertz CT molecular complexity index is 438. The number of rotatable bonds is 7. The molecule has 0 aromatic carbocycles. The zero-order valence-electron chi connectivity index (χ0n) is 12.3. The fraction of sp³-hybridized carbons (Fsp3) is 0.667. The molecule has 112 valence electrons. The maximum atomic E-state index is 10.7. The van der Waals surface area contributed by atoms with Gasteiger partial charge in [-0.1, -0.05) is 12.8 Å². The van der Waals surface area contributed by atoms with Crippen molar-refractivity contribution < 1.29 is 14.3 Å². The number of hydrogen-bond acceptors (Lipinski definition) is 4. The number of carboxylic acids is 1. The normalized spacial score (nSPS) is 16.4. The van der Waals surface area contributed by atoms with Crippen LogP contribution in [0.3, 0.4) is 0 Å². The Labute approximate surface area is 120 Å². The van der Waals surface area contributed by atoms with Crippen LogP contribution >= 0.6 is 0 Å². The lowest BCUT2D eigenvalue weighted by molar-refractivity contribution is 0.0658. The second-order valence-electron chi connectivity index (χ2n) is 5.73. The molecule has 0 unspecified atom stereocenters. The van der Waals surface area contributed by atoms with Gasteiger partial charge in [-0.3, -0.25) is 4.90 Å². The first-order chi connectivity index (χ1) is 9.56. The maximum absolute atomic E-state index is 10.7. The van der Waals surface area contributed by atoms with Gasteiger partial charge < -0.3 is 14.4 Å². The Kier molecular flexibility index (Phi) is 5.20. The summed E-state index contributed by atoms with van der Waals surface area (Å²) in [4.78, 5) is 15.3. The molecule has 1 aromatic heterocycles. The Morgan fingerprint density at radius 3 is 2.60 bits per heavy atom. The van der Waals surface area contributed by atoms with Crippen molar-refractivity contribution in [3.8, 4) is 0 Å². The van der Waals surface area contributed by atoms with E-state index in [1.165, 1.54) is 31.7 Å². The number of furan rings is 1. The number of aromatic carboxylic acids is 1. The van der Waals surface area contributed by atoms with Crippen molar-refractivity contribution in [1.29, 1.82) is 0 Å². The van der Waals surface area contributed by atoms with Crippen molar-refractivity contribution >= 4 is 5.97 Å². The van der Waals surface area contributed by atoms with Crippen molar-refractivity contribution in [2.24, 2.45) is 0 Å². The molecule has 5 nitrogen and oxygen atoms in total. The fourth-order valence-electron chi connectivity index (χ4n) is 2.78. The molecule has 0 radical (unpaired) electrons. The van der Waals surface area contributed by atoms with Gasteiger partial charge in [0.1, 0.15) is 5.76 Å². The SMILES string of the molecule is CN(CCN(C)C1CCCC1)Cc1ccc(C(=O)O)o1. The average molecular weight is 280 g/mol. The molecule has 1 fully saturated rings. The van der Waals surface area contributed by atoms with Gasteiger partial charge in [-0.25, -0.2) is 4.79 Å². The molecule has 5 heteroatoms. The number of nitrogens with zero attached hydrogens (tertiary/aromatic N) is 2. The molecule has 1 saturated carbocycles. The molecule has 1 heterocycles. The van der Waals surface area contributed by atoms with E-state index in [4.69, 9.17) is 9.52 Å². The van der Waals surface area contributed by atoms with Crippen molar-refractivity contribution in [3.05, 3.63) is 23.7 Å². The van der Waals surface area contributed by atoms with Crippen molar-refractivity contribution in [1.82, 2.24) is 9.80 Å². The van der Waals surface area contributed by atoms with Gasteiger partial charge in [0.05, 0.1) is 6.54 Å². The van der Waals surface area contributed by atoms with E-state index in [1.807, 2.05) is 7.05 Å². The zero-order valence-corrected chi connectivity index (χ0v) is 12.3. The first-order valence-electron chi connectivity index (χ1n) is 7.27. The number of carboxylic acid groups (broad SMARTS) is 1. The smallest absolute Gasteiger partial charge is 0.371 e. The first-order valence-corrected chi connectivity index (χ1v) is 7.27. The summed E-state index contributed by atoms with van der Waals surface area (Å²) in [5.41, 5.74) is 0. The van der Waals surface area contributed by atoms with E-state index >= 15 is 0 Å². The third-order valence-electron chi connectivity index (χ3n) is 4.08. The van der Waals surface area contributed by atoms with Crippen molar-refractivity contribution in [2.75, 3.05) is 27.2 Å². The molecular formula is C15H24N2O3. The molecule has 0 bridgehead atoms. The topological polar surface area (TPSA) is 56.9 Å². The van der Waals surface area contributed by atoms with Crippen LogP contribution in [0.1, 0.15) is 42.0 Å². The van der Waals surface area contributed by atoms with Crippen LogP contribution in [-0.4, -0.2) is 54.1 Å². The van der Waals surface area contributed by atoms with Crippen LogP contribution in [0, 0.1) is 0 Å². The largest absolute Gasteiger partial charge is 0.475 e. The summed E-state index contributed by atoms with van der Waals surface area (Å²) in [5.74, 6) is -0.301. The maximum Gasteiger partial charge on any atom is 0.371 e. The Morgan fingerprint density at radius 2 is 2.00 bits per heavy atom. The van der Waals surface area contributed by atoms with Gasteiger partial charge in [-0.05, 0) is 39.1 Å². The molecule has 0 saturated heterocycles. The molecule has 1 N–H and O–H groups in total. The van der Waals surface area contributed by atoms with Crippen LogP contribution < -0.4 is 0 Å². The summed E-state index contributed by atoms with van der Waals surface area (Å²) < 4.78 is 5.27. The molecule has 0 aliphatic heterocycles. The second kappa shape index (κ2) is 6.90. The number of likely N-dealkylation sites (N-methyl/N-ethyl adjacent to an activating group) is 2. The zero-order chi connectivity index (χ0) is 14.5. The number of carbonyl (C=O) groups is 1. The Hall–Kier alpha value is -1.33. The standard InChI is InChI=1S/C15H24N2O3/c1-16(9-10-17(2)12-5-3-4-6-12)11-13-7-8-14(20-13)15(18)19/h7-8,12H,3-6,9-11H2,1-2H3,(H,18,19). The van der Waals surface area contributed by atoms with Crippen LogP contribution in [0.4, 0.5) is 0 Å². The van der Waals surface area contributed by atoms with Gasteiger partial charge >= 0.3 is 5.97 Å². The molecule has 1 aliphatic carbocycles. The van der Waals surface area contributed by atoms with E-state index in [0.29, 0.717) is 12.3 Å². The van der Waals surface area contributed by atoms with Crippen LogP contribution in [0.2, 0.25) is 0 Å². The molecule has 20 heavy (non-hydrogen) atoms. The van der Waals surface area contributed by atoms with E-state index in [1.54, 1.807) is 6.07 Å². The summed E-state index contributed by atoms with van der Waals surface area (Å²) in [6, 6.07) is 3.99. The van der Waals surface area contributed by atoms with Crippen molar-refractivity contribution in [3.63, 3.8) is 0 Å². The van der Waals surface area contributed by atoms with Crippen LogP contribution in [-0.2, 0) is 6.54 Å². The lowest BCUT2D eigenvalue weighted by Gasteiger charge is -2.26. The molecule has 1 aliphatic rings. The quantitative estimate of drug-likeness (QED) is 0.830. The van der Waals surface area contributed by atoms with Gasteiger partial charge in [0.15, 0.2) is 0 Å². The fourth-order valence-corrected chi connectivity index (χ4v) is 2.78. The summed E-state index contributed by atoms with van der Waals surface area (Å²) in [5, 5.41) is 8.82. The third kappa shape index (κ3) is 4.08. The lowest BCUT2D eigenvalue weighted by Crippen LogP contribution is -2.36. The van der Waals surface area contributed by atoms with E-state index in [2.05, 4.69) is 16.8 Å². The predicted octanol–water partition coefficient (Wildman–Crippen LogP) is 2.28. The van der Waals surface area contributed by atoms with Crippen LogP contribution in [0.5, 0.6) is 0 Å². The third-order valence-corrected chi connectivity index (χ3v) is 4.08. The molecule has 2 rings (SSSR count). The Morgan fingerprint density at radius 1 is 1.30 bits per heavy atom. The molecule has 1 aromatic rings. The molecular weight excluding hydrogens is 256 g/mol. The highest BCUT2D eigenvalue weighted by molar-refractivity contribution is 5.84. The van der Waals surface area contributed by atoms with Gasteiger partial charge in [0, 0.05) is 19.1 Å². The summed E-state index contributed by atoms with van der Waals surface area (Å²) in [6.45, 7) is 2.63. The predicted molar refractivity (Wildman–Crippen MR) is 76.9 cm³/mol. The van der Waals surface area contributed by atoms with E-state index in [0.717, 1.165) is 19.1 Å². The van der Waals surface area contributed by atoms with Gasteiger partial charge in [0.25, 0.3) is 0 Å². The second-order valence-corrected chi connectivity index (χ2v) is 5.73. The van der Waals surface area contributed by atoms with Gasteiger partial charge in [-0.2, -0.15) is 0 Å². The summed E-state index contributed by atoms with van der Waals surface area (Å²) >= 11 is 0. The van der Waals surface area contributed by atoms with E-state index in [-0.39, 0.29) is 5.76 Å². The highest BCUT2D eigenvalue weighted by Crippen LogP contribution is 2.22. The number of hydrogen-bond donors (Lipinski definition) is 1. The molecule has 0 amide bonds. The van der Waals surface area contributed by atoms with E-state index in [9.17, 15) is 4.79 Å². The minimum absolute atomic E-state index is 0.0106. The summed E-state index contributed by atoms with van der Waals surface area (Å²) in [7, 11) is 4.23. The summed E-state index contributed by atoms with van der Waals surface area (Å²) in [6.07, 6.45) is 5.35. The van der Waals surface area contributed by atoms with Crippen LogP contribution in [0.25, 0.3) is 0 Å². The molecule has 0 spiro atoms. The first kappa shape index (κ1) is 15.1. The monoisotopic (exact) mass is 280 g/mol. The van der Waals surface area contributed by atoms with Gasteiger partial charge in [-0.15, -0.1) is 0 Å². The van der Waals surface area contributed by atoms with Crippen LogP contribution in [0.15, 0.2) is 16.5 Å².